The fourth-order valence-electron chi connectivity index (χ4n) is 1.06. The maximum atomic E-state index is 11.4. The van der Waals surface area contributed by atoms with E-state index in [0.29, 0.717) is 16.3 Å². The highest BCUT2D eigenvalue weighted by molar-refractivity contribution is 6.34. The number of anilines is 1. The first-order chi connectivity index (χ1) is 7.41. The predicted octanol–water partition coefficient (Wildman–Crippen LogP) is 2.22. The van der Waals surface area contributed by atoms with Crippen molar-refractivity contribution in [1.82, 2.24) is 0 Å². The van der Waals surface area contributed by atoms with Crippen LogP contribution in [0.15, 0.2) is 18.2 Å². The molecule has 5 heteroatoms. The first-order valence-corrected chi connectivity index (χ1v) is 5.24. The molecule has 1 aromatic carbocycles. The minimum atomic E-state index is -0.108. The molecule has 4 N–H and O–H groups in total. The number of nitrogen functional groups attached to an aromatic ring is 1. The second-order valence-corrected chi connectivity index (χ2v) is 4.16. The molecule has 0 saturated heterocycles. The molecule has 0 spiro atoms. The highest BCUT2D eigenvalue weighted by Crippen LogP contribution is 2.23. The molecule has 86 valence electrons. The Morgan fingerprint density at radius 2 is 2.12 bits per heavy atom. The van der Waals surface area contributed by atoms with E-state index >= 15 is 0 Å². The van der Waals surface area contributed by atoms with Gasteiger partial charge >= 0.3 is 0 Å². The number of amides is 1. The van der Waals surface area contributed by atoms with E-state index in [4.69, 9.17) is 22.7 Å². The predicted molar refractivity (Wildman–Crippen MR) is 65.9 cm³/mol. The van der Waals surface area contributed by atoms with E-state index in [2.05, 4.69) is 5.32 Å². The van der Waals surface area contributed by atoms with Crippen molar-refractivity contribution in [2.45, 2.75) is 13.8 Å². The van der Waals surface area contributed by atoms with Crippen molar-refractivity contribution < 1.29 is 4.79 Å². The largest absolute Gasteiger partial charge is 0.384 e. The Morgan fingerprint density at radius 1 is 1.50 bits per heavy atom. The van der Waals surface area contributed by atoms with Gasteiger partial charge in [-0.25, -0.2) is 0 Å². The highest BCUT2D eigenvalue weighted by Gasteiger charge is 2.10. The van der Waals surface area contributed by atoms with Crippen molar-refractivity contribution in [2.75, 3.05) is 5.32 Å². The summed E-state index contributed by atoms with van der Waals surface area (Å²) in [5.41, 5.74) is 6.39. The number of hydrogen-bond donors (Lipinski definition) is 3. The van der Waals surface area contributed by atoms with Gasteiger partial charge in [0.05, 0.1) is 10.7 Å². The van der Waals surface area contributed by atoms with Crippen LogP contribution >= 0.6 is 11.6 Å². The SMILES string of the molecule is CC(C)C(=O)Nc1ccc(C(=N)N)cc1Cl. The van der Waals surface area contributed by atoms with Crippen molar-refractivity contribution in [2.24, 2.45) is 11.7 Å². The van der Waals surface area contributed by atoms with Crippen molar-refractivity contribution in [3.05, 3.63) is 28.8 Å². The molecule has 0 atom stereocenters. The zero-order chi connectivity index (χ0) is 12.3. The summed E-state index contributed by atoms with van der Waals surface area (Å²) in [6.45, 7) is 3.60. The smallest absolute Gasteiger partial charge is 0.226 e. The summed E-state index contributed by atoms with van der Waals surface area (Å²) in [5.74, 6) is -0.260. The van der Waals surface area contributed by atoms with Crippen molar-refractivity contribution in [1.29, 1.82) is 5.41 Å². The van der Waals surface area contributed by atoms with E-state index in [1.54, 1.807) is 32.0 Å². The Labute approximate surface area is 99.3 Å². The normalized spacial score (nSPS) is 10.2. The highest BCUT2D eigenvalue weighted by atomic mass is 35.5. The van der Waals surface area contributed by atoms with E-state index in [1.807, 2.05) is 0 Å². The van der Waals surface area contributed by atoms with Crippen molar-refractivity contribution in [3.8, 4) is 0 Å². The van der Waals surface area contributed by atoms with Gasteiger partial charge in [-0.05, 0) is 18.2 Å². The molecule has 4 nitrogen and oxygen atoms in total. The van der Waals surface area contributed by atoms with Gasteiger partial charge in [0.2, 0.25) is 5.91 Å². The van der Waals surface area contributed by atoms with Gasteiger partial charge in [-0.1, -0.05) is 25.4 Å². The molecule has 0 aliphatic rings. The molecule has 0 fully saturated rings. The number of rotatable bonds is 3. The Bertz CT molecular complexity index is 429. The maximum Gasteiger partial charge on any atom is 0.226 e. The van der Waals surface area contributed by atoms with Gasteiger partial charge in [0.25, 0.3) is 0 Å². The van der Waals surface area contributed by atoms with Crippen molar-refractivity contribution >= 4 is 29.0 Å². The molecule has 0 bridgehead atoms. The monoisotopic (exact) mass is 239 g/mol. The fourth-order valence-corrected chi connectivity index (χ4v) is 1.29. The quantitative estimate of drug-likeness (QED) is 0.559. The molecule has 0 heterocycles. The van der Waals surface area contributed by atoms with Crippen LogP contribution in [0.1, 0.15) is 19.4 Å². The van der Waals surface area contributed by atoms with Crippen LogP contribution in [0.5, 0.6) is 0 Å². The molecule has 0 aliphatic heterocycles. The van der Waals surface area contributed by atoms with Gasteiger partial charge in [0.15, 0.2) is 0 Å². The first kappa shape index (κ1) is 12.5. The lowest BCUT2D eigenvalue weighted by molar-refractivity contribution is -0.118. The van der Waals surface area contributed by atoms with E-state index in [0.717, 1.165) is 0 Å². The average Bonchev–Trinajstić information content (AvgIpc) is 2.20. The molecule has 16 heavy (non-hydrogen) atoms. The summed E-state index contributed by atoms with van der Waals surface area (Å²) in [6.07, 6.45) is 0. The minimum Gasteiger partial charge on any atom is -0.384 e. The van der Waals surface area contributed by atoms with Crippen LogP contribution in [0.4, 0.5) is 5.69 Å². The average molecular weight is 240 g/mol. The van der Waals surface area contributed by atoms with Gasteiger partial charge in [-0.15, -0.1) is 0 Å². The van der Waals surface area contributed by atoms with Crippen LogP contribution in [0.25, 0.3) is 0 Å². The maximum absolute atomic E-state index is 11.4. The number of halogens is 1. The Morgan fingerprint density at radius 3 is 2.56 bits per heavy atom. The first-order valence-electron chi connectivity index (χ1n) is 4.86. The van der Waals surface area contributed by atoms with Crippen LogP contribution in [0, 0.1) is 11.3 Å². The summed E-state index contributed by atoms with van der Waals surface area (Å²) in [5, 5.41) is 10.3. The van der Waals surface area contributed by atoms with Crippen LogP contribution < -0.4 is 11.1 Å². The lowest BCUT2D eigenvalue weighted by Gasteiger charge is -2.10. The van der Waals surface area contributed by atoms with E-state index in [9.17, 15) is 4.79 Å². The molecule has 1 rings (SSSR count). The molecule has 1 amide bonds. The number of nitrogens with one attached hydrogen (secondary N) is 2. The summed E-state index contributed by atoms with van der Waals surface area (Å²) in [7, 11) is 0. The number of benzene rings is 1. The summed E-state index contributed by atoms with van der Waals surface area (Å²) < 4.78 is 0. The van der Waals surface area contributed by atoms with Gasteiger partial charge in [-0.3, -0.25) is 10.2 Å². The molecule has 0 aromatic heterocycles. The minimum absolute atomic E-state index is 0.0522. The standard InChI is InChI=1S/C11H14ClN3O/c1-6(2)11(16)15-9-4-3-7(10(13)14)5-8(9)12/h3-6H,1-2H3,(H3,13,14)(H,15,16). The van der Waals surface area contributed by atoms with Crippen molar-refractivity contribution in [3.63, 3.8) is 0 Å². The molecule has 0 saturated carbocycles. The lowest BCUT2D eigenvalue weighted by atomic mass is 10.1. The summed E-state index contributed by atoms with van der Waals surface area (Å²) in [6, 6.07) is 4.84. The molecular weight excluding hydrogens is 226 g/mol. The van der Waals surface area contributed by atoms with Gasteiger partial charge in [-0.2, -0.15) is 0 Å². The van der Waals surface area contributed by atoms with Crippen LogP contribution in [0.3, 0.4) is 0 Å². The number of amidine groups is 1. The summed E-state index contributed by atoms with van der Waals surface area (Å²) in [4.78, 5) is 11.4. The van der Waals surface area contributed by atoms with Gasteiger partial charge in [0, 0.05) is 11.5 Å². The zero-order valence-corrected chi connectivity index (χ0v) is 9.93. The van der Waals surface area contributed by atoms with Crippen LogP contribution in [0.2, 0.25) is 5.02 Å². The topological polar surface area (TPSA) is 79.0 Å². The Balaban J connectivity index is 2.91. The Hall–Kier alpha value is -1.55. The van der Waals surface area contributed by atoms with Gasteiger partial charge < -0.3 is 11.1 Å². The molecular formula is C11H14ClN3O. The third-order valence-corrected chi connectivity index (χ3v) is 2.38. The second kappa shape index (κ2) is 4.99. The molecule has 0 unspecified atom stereocenters. The molecule has 0 radical (unpaired) electrons. The van der Waals surface area contributed by atoms with Gasteiger partial charge in [0.1, 0.15) is 5.84 Å². The number of carbonyl (C=O) groups excluding carboxylic acids is 1. The van der Waals surface area contributed by atoms with Crippen LogP contribution in [-0.4, -0.2) is 11.7 Å². The van der Waals surface area contributed by atoms with E-state index in [-0.39, 0.29) is 17.7 Å². The third kappa shape index (κ3) is 2.97. The van der Waals surface area contributed by atoms with E-state index in [1.165, 1.54) is 0 Å². The fraction of sp³-hybridized carbons (Fsp3) is 0.273. The number of carbonyl (C=O) groups is 1. The molecule has 0 aliphatic carbocycles. The Kier molecular flexibility index (Phi) is 3.90. The van der Waals surface area contributed by atoms with E-state index < -0.39 is 0 Å². The lowest BCUT2D eigenvalue weighted by Crippen LogP contribution is -2.18. The molecule has 1 aromatic rings. The summed E-state index contributed by atoms with van der Waals surface area (Å²) >= 11 is 5.96. The number of nitrogens with two attached hydrogens (primary N) is 1. The second-order valence-electron chi connectivity index (χ2n) is 3.75. The number of hydrogen-bond acceptors (Lipinski definition) is 2. The van der Waals surface area contributed by atoms with Crippen LogP contribution in [-0.2, 0) is 4.79 Å². The third-order valence-electron chi connectivity index (χ3n) is 2.06. The zero-order valence-electron chi connectivity index (χ0n) is 9.17.